The van der Waals surface area contributed by atoms with E-state index in [1.54, 1.807) is 6.92 Å². The highest BCUT2D eigenvalue weighted by molar-refractivity contribution is 5.97. The number of carbonyl (C=O) groups excluding carboxylic acids is 2. The number of carbonyl (C=O) groups is 2. The van der Waals surface area contributed by atoms with Crippen LogP contribution in [0, 0.1) is 0 Å². The maximum Gasteiger partial charge on any atom is 0.373 e. The molecular weight excluding hydrogens is 196 g/mol. The predicted octanol–water partition coefficient (Wildman–Crippen LogP) is 2.14. The van der Waals surface area contributed by atoms with E-state index in [-0.39, 0.29) is 12.4 Å². The van der Waals surface area contributed by atoms with Crippen molar-refractivity contribution >= 4 is 11.8 Å². The Bertz CT molecular complexity index is 243. The number of aliphatic hydroxyl groups is 1. The van der Waals surface area contributed by atoms with Gasteiger partial charge in [-0.05, 0) is 13.3 Å². The minimum absolute atomic E-state index is 0.181. The molecule has 0 unspecified atom stereocenters. The highest BCUT2D eigenvalue weighted by atomic mass is 16.5. The molecule has 0 fully saturated rings. The Morgan fingerprint density at radius 2 is 1.93 bits per heavy atom. The molecule has 0 rings (SSSR count). The third-order valence-corrected chi connectivity index (χ3v) is 1.81. The fourth-order valence-electron chi connectivity index (χ4n) is 1.04. The van der Waals surface area contributed by atoms with Gasteiger partial charge in [0.25, 0.3) is 0 Å². The summed E-state index contributed by atoms with van der Waals surface area (Å²) in [6, 6.07) is 0. The molecule has 0 amide bonds. The van der Waals surface area contributed by atoms with Gasteiger partial charge in [-0.15, -0.1) is 0 Å². The second-order valence-corrected chi connectivity index (χ2v) is 3.17. The summed E-state index contributed by atoms with van der Waals surface area (Å²) in [5, 5.41) is 9.14. The van der Waals surface area contributed by atoms with Crippen LogP contribution in [0.25, 0.3) is 0 Å². The van der Waals surface area contributed by atoms with Gasteiger partial charge in [-0.2, -0.15) is 0 Å². The molecule has 86 valence electrons. The molecule has 15 heavy (non-hydrogen) atoms. The van der Waals surface area contributed by atoms with E-state index in [1.807, 2.05) is 6.92 Å². The zero-order valence-corrected chi connectivity index (χ0v) is 9.28. The average molecular weight is 214 g/mol. The standard InChI is InChI=1S/C11H18O4/c1-3-5-6-7-9(12)8-10(13)11(14)15-4-2/h8,13H,3-7H2,1-2H3. The van der Waals surface area contributed by atoms with Crippen LogP contribution in [-0.4, -0.2) is 23.5 Å². The quantitative estimate of drug-likeness (QED) is 0.305. The van der Waals surface area contributed by atoms with Crippen LogP contribution in [0.5, 0.6) is 0 Å². The zero-order chi connectivity index (χ0) is 11.7. The molecule has 0 radical (unpaired) electrons. The summed E-state index contributed by atoms with van der Waals surface area (Å²) in [6.45, 7) is 3.85. The van der Waals surface area contributed by atoms with Crippen LogP contribution in [0.15, 0.2) is 11.8 Å². The lowest BCUT2D eigenvalue weighted by molar-refractivity contribution is -0.141. The van der Waals surface area contributed by atoms with Crippen LogP contribution < -0.4 is 0 Å². The highest BCUT2D eigenvalue weighted by Crippen LogP contribution is 2.02. The van der Waals surface area contributed by atoms with Crippen LogP contribution >= 0.6 is 0 Å². The monoisotopic (exact) mass is 214 g/mol. The van der Waals surface area contributed by atoms with E-state index < -0.39 is 11.7 Å². The number of aliphatic hydroxyl groups excluding tert-OH is 1. The van der Waals surface area contributed by atoms with Gasteiger partial charge in [-0.3, -0.25) is 4.79 Å². The first-order valence-corrected chi connectivity index (χ1v) is 5.22. The normalized spacial score (nSPS) is 11.2. The van der Waals surface area contributed by atoms with Gasteiger partial charge in [-0.1, -0.05) is 19.8 Å². The average Bonchev–Trinajstić information content (AvgIpc) is 2.18. The molecule has 0 aromatic heterocycles. The van der Waals surface area contributed by atoms with Crippen LogP contribution in [0.1, 0.15) is 39.5 Å². The first-order valence-electron chi connectivity index (χ1n) is 5.22. The van der Waals surface area contributed by atoms with E-state index in [0.29, 0.717) is 6.42 Å². The number of hydrogen-bond acceptors (Lipinski definition) is 4. The van der Waals surface area contributed by atoms with Gasteiger partial charge in [0.1, 0.15) is 0 Å². The molecule has 4 nitrogen and oxygen atoms in total. The van der Waals surface area contributed by atoms with E-state index in [0.717, 1.165) is 25.3 Å². The Labute approximate surface area is 89.9 Å². The molecular formula is C11H18O4. The van der Waals surface area contributed by atoms with E-state index in [4.69, 9.17) is 5.11 Å². The number of rotatable bonds is 7. The summed E-state index contributed by atoms with van der Waals surface area (Å²) in [7, 11) is 0. The van der Waals surface area contributed by atoms with Crippen molar-refractivity contribution in [3.8, 4) is 0 Å². The molecule has 0 saturated heterocycles. The third kappa shape index (κ3) is 6.71. The fraction of sp³-hybridized carbons (Fsp3) is 0.636. The first kappa shape index (κ1) is 13.7. The van der Waals surface area contributed by atoms with Crippen molar-refractivity contribution in [3.05, 3.63) is 11.8 Å². The van der Waals surface area contributed by atoms with E-state index in [9.17, 15) is 9.59 Å². The molecule has 0 aliphatic heterocycles. The van der Waals surface area contributed by atoms with Gasteiger partial charge in [0.15, 0.2) is 5.78 Å². The molecule has 0 aliphatic rings. The number of ketones is 1. The SMILES string of the molecule is CCCCCC(=O)C=C(O)C(=O)OCC. The maximum atomic E-state index is 11.2. The van der Waals surface area contributed by atoms with Gasteiger partial charge in [-0.25, -0.2) is 4.79 Å². The fourth-order valence-corrected chi connectivity index (χ4v) is 1.04. The number of unbranched alkanes of at least 4 members (excludes halogenated alkanes) is 2. The largest absolute Gasteiger partial charge is 0.502 e. The minimum Gasteiger partial charge on any atom is -0.502 e. The lowest BCUT2D eigenvalue weighted by Crippen LogP contribution is -2.09. The Kier molecular flexibility index (Phi) is 7.32. The Morgan fingerprint density at radius 3 is 2.47 bits per heavy atom. The molecule has 4 heteroatoms. The lowest BCUT2D eigenvalue weighted by Gasteiger charge is -1.99. The van der Waals surface area contributed by atoms with Crippen molar-refractivity contribution in [1.29, 1.82) is 0 Å². The van der Waals surface area contributed by atoms with Crippen molar-refractivity contribution in [2.75, 3.05) is 6.61 Å². The van der Waals surface area contributed by atoms with Crippen LogP contribution in [0.2, 0.25) is 0 Å². The minimum atomic E-state index is -0.846. The number of ether oxygens (including phenoxy) is 1. The molecule has 0 aromatic rings. The topological polar surface area (TPSA) is 63.6 Å². The number of esters is 1. The Hall–Kier alpha value is -1.32. The van der Waals surface area contributed by atoms with E-state index in [2.05, 4.69) is 4.74 Å². The number of hydrogen-bond donors (Lipinski definition) is 1. The molecule has 0 aromatic carbocycles. The first-order chi connectivity index (χ1) is 7.11. The van der Waals surface area contributed by atoms with Gasteiger partial charge in [0, 0.05) is 12.5 Å². The molecule has 0 bridgehead atoms. The lowest BCUT2D eigenvalue weighted by atomic mass is 10.1. The van der Waals surface area contributed by atoms with Gasteiger partial charge < -0.3 is 9.84 Å². The van der Waals surface area contributed by atoms with Crippen molar-refractivity contribution in [2.45, 2.75) is 39.5 Å². The van der Waals surface area contributed by atoms with Crippen molar-refractivity contribution in [2.24, 2.45) is 0 Å². The summed E-state index contributed by atoms with van der Waals surface area (Å²) in [5.41, 5.74) is 0. The van der Waals surface area contributed by atoms with Gasteiger partial charge >= 0.3 is 5.97 Å². The predicted molar refractivity (Wildman–Crippen MR) is 56.5 cm³/mol. The van der Waals surface area contributed by atoms with Crippen molar-refractivity contribution < 1.29 is 19.4 Å². The summed E-state index contributed by atoms with van der Waals surface area (Å²) >= 11 is 0. The third-order valence-electron chi connectivity index (χ3n) is 1.81. The van der Waals surface area contributed by atoms with Crippen molar-refractivity contribution in [1.82, 2.24) is 0 Å². The smallest absolute Gasteiger partial charge is 0.373 e. The molecule has 0 heterocycles. The Morgan fingerprint density at radius 1 is 1.27 bits per heavy atom. The summed E-state index contributed by atoms with van der Waals surface area (Å²) in [6.07, 6.45) is 4.08. The van der Waals surface area contributed by atoms with Gasteiger partial charge in [0.05, 0.1) is 6.61 Å². The molecule has 1 N–H and O–H groups in total. The van der Waals surface area contributed by atoms with Crippen LogP contribution in [-0.2, 0) is 14.3 Å². The van der Waals surface area contributed by atoms with Crippen molar-refractivity contribution in [3.63, 3.8) is 0 Å². The second-order valence-electron chi connectivity index (χ2n) is 3.17. The van der Waals surface area contributed by atoms with Gasteiger partial charge in [0.2, 0.25) is 5.76 Å². The number of allylic oxidation sites excluding steroid dienone is 1. The molecule has 0 aliphatic carbocycles. The zero-order valence-electron chi connectivity index (χ0n) is 9.28. The summed E-state index contributed by atoms with van der Waals surface area (Å²) in [4.78, 5) is 22.1. The van der Waals surface area contributed by atoms with E-state index >= 15 is 0 Å². The van der Waals surface area contributed by atoms with Crippen LogP contribution in [0.4, 0.5) is 0 Å². The maximum absolute atomic E-state index is 11.2. The van der Waals surface area contributed by atoms with E-state index in [1.165, 1.54) is 0 Å². The molecule has 0 atom stereocenters. The molecule has 0 saturated carbocycles. The Balaban J connectivity index is 3.99. The highest BCUT2D eigenvalue weighted by Gasteiger charge is 2.10. The second kappa shape index (κ2) is 8.03. The summed E-state index contributed by atoms with van der Waals surface area (Å²) in [5.74, 6) is -1.70. The molecule has 0 spiro atoms. The summed E-state index contributed by atoms with van der Waals surface area (Å²) < 4.78 is 4.52. The van der Waals surface area contributed by atoms with Crippen LogP contribution in [0.3, 0.4) is 0 Å².